The first-order chi connectivity index (χ1) is 13.6. The largest absolute Gasteiger partial charge is 0.486 e. The van der Waals surface area contributed by atoms with Crippen molar-refractivity contribution in [2.45, 2.75) is 13.5 Å². The third-order valence-electron chi connectivity index (χ3n) is 4.06. The van der Waals surface area contributed by atoms with Gasteiger partial charge in [0.15, 0.2) is 0 Å². The Morgan fingerprint density at radius 2 is 1.86 bits per heavy atom. The minimum absolute atomic E-state index is 0.226. The second-order valence-electron chi connectivity index (χ2n) is 6.11. The van der Waals surface area contributed by atoms with Crippen LogP contribution >= 0.6 is 22.9 Å². The molecule has 1 amide bonds. The molecule has 2 aromatic carbocycles. The number of ether oxygens (including phenoxy) is 1. The zero-order valence-electron chi connectivity index (χ0n) is 15.0. The molecule has 0 aliphatic rings. The fourth-order valence-electron chi connectivity index (χ4n) is 2.71. The van der Waals surface area contributed by atoms with Crippen molar-refractivity contribution in [3.8, 4) is 5.75 Å². The van der Waals surface area contributed by atoms with Gasteiger partial charge in [0.25, 0.3) is 5.91 Å². The molecule has 0 spiro atoms. The van der Waals surface area contributed by atoms with Crippen LogP contribution in [-0.4, -0.2) is 15.9 Å². The third-order valence-corrected chi connectivity index (χ3v) is 5.44. The Balaban J connectivity index is 1.45. The van der Waals surface area contributed by atoms with Gasteiger partial charge in [0.2, 0.25) is 0 Å². The van der Waals surface area contributed by atoms with E-state index in [1.807, 2.05) is 37.3 Å². The lowest BCUT2D eigenvalue weighted by molar-refractivity contribution is 0.102. The molecule has 0 bridgehead atoms. The maximum atomic E-state index is 12.7. The van der Waals surface area contributed by atoms with Gasteiger partial charge >= 0.3 is 0 Å². The van der Waals surface area contributed by atoms with E-state index in [0.717, 1.165) is 15.9 Å². The zero-order chi connectivity index (χ0) is 19.5. The van der Waals surface area contributed by atoms with Crippen LogP contribution in [0, 0.1) is 6.92 Å². The smallest absolute Gasteiger partial charge is 0.268 e. The molecule has 4 rings (SSSR count). The topological polar surface area (TPSA) is 64.1 Å². The summed E-state index contributed by atoms with van der Waals surface area (Å²) in [5, 5.41) is 5.25. The van der Waals surface area contributed by atoms with Crippen molar-refractivity contribution in [2.24, 2.45) is 0 Å². The van der Waals surface area contributed by atoms with Gasteiger partial charge < -0.3 is 10.1 Å². The summed E-state index contributed by atoms with van der Waals surface area (Å²) < 4.78 is 5.71. The van der Waals surface area contributed by atoms with Gasteiger partial charge in [-0.25, -0.2) is 9.97 Å². The molecule has 2 heterocycles. The molecule has 5 nitrogen and oxygen atoms in total. The first-order valence-electron chi connectivity index (χ1n) is 8.60. The predicted molar refractivity (Wildman–Crippen MR) is 112 cm³/mol. The summed E-state index contributed by atoms with van der Waals surface area (Å²) in [6.45, 7) is 2.10. The number of benzene rings is 2. The SMILES string of the molecule is Cc1nc(COc2ccc(Cl)cc2)sc1C(=O)Nc1ccc2ccccc2n1. The first-order valence-corrected chi connectivity index (χ1v) is 9.80. The molecule has 140 valence electrons. The van der Waals surface area contributed by atoms with Gasteiger partial charge in [0.05, 0.1) is 11.2 Å². The van der Waals surface area contributed by atoms with Crippen molar-refractivity contribution >= 4 is 45.6 Å². The highest BCUT2D eigenvalue weighted by atomic mass is 35.5. The molecule has 2 aromatic heterocycles. The van der Waals surface area contributed by atoms with Crippen LogP contribution in [0.1, 0.15) is 20.4 Å². The highest BCUT2D eigenvalue weighted by Gasteiger charge is 2.16. The summed E-state index contributed by atoms with van der Waals surface area (Å²) in [7, 11) is 0. The Morgan fingerprint density at radius 1 is 1.07 bits per heavy atom. The number of hydrogen-bond donors (Lipinski definition) is 1. The molecule has 1 N–H and O–H groups in total. The lowest BCUT2D eigenvalue weighted by atomic mass is 10.2. The Kier molecular flexibility index (Phi) is 5.23. The quantitative estimate of drug-likeness (QED) is 0.473. The van der Waals surface area contributed by atoms with Gasteiger partial charge in [-0.2, -0.15) is 0 Å². The lowest BCUT2D eigenvalue weighted by Gasteiger charge is -2.05. The highest BCUT2D eigenvalue weighted by Crippen LogP contribution is 2.23. The third kappa shape index (κ3) is 4.13. The molecule has 0 atom stereocenters. The molecule has 0 saturated carbocycles. The molecule has 0 unspecified atom stereocenters. The molecule has 0 fully saturated rings. The Hall–Kier alpha value is -2.96. The Labute approximate surface area is 171 Å². The van der Waals surface area contributed by atoms with Crippen molar-refractivity contribution in [2.75, 3.05) is 5.32 Å². The van der Waals surface area contributed by atoms with Crippen LogP contribution in [0.2, 0.25) is 5.02 Å². The number of anilines is 1. The van der Waals surface area contributed by atoms with Crippen LogP contribution in [0.25, 0.3) is 10.9 Å². The maximum Gasteiger partial charge on any atom is 0.268 e. The van der Waals surface area contributed by atoms with Crippen LogP contribution < -0.4 is 10.1 Å². The van der Waals surface area contributed by atoms with Gasteiger partial charge in [0.1, 0.15) is 28.1 Å². The Bertz CT molecular complexity index is 1140. The number of aryl methyl sites for hydroxylation is 1. The van der Waals surface area contributed by atoms with Gasteiger partial charge in [-0.1, -0.05) is 29.8 Å². The number of fused-ring (bicyclic) bond motifs is 1. The summed E-state index contributed by atoms with van der Waals surface area (Å²) >= 11 is 7.18. The van der Waals surface area contributed by atoms with E-state index in [9.17, 15) is 4.79 Å². The van der Waals surface area contributed by atoms with E-state index in [1.165, 1.54) is 11.3 Å². The molecule has 0 radical (unpaired) electrons. The predicted octanol–water partition coefficient (Wildman–Crippen LogP) is 5.48. The second kappa shape index (κ2) is 7.96. The van der Waals surface area contributed by atoms with Crippen molar-refractivity contribution in [1.82, 2.24) is 9.97 Å². The minimum Gasteiger partial charge on any atom is -0.486 e. The van der Waals surface area contributed by atoms with E-state index < -0.39 is 0 Å². The van der Waals surface area contributed by atoms with E-state index in [4.69, 9.17) is 16.3 Å². The van der Waals surface area contributed by atoms with Gasteiger partial charge in [-0.15, -0.1) is 11.3 Å². The Morgan fingerprint density at radius 3 is 2.68 bits per heavy atom. The number of hydrogen-bond acceptors (Lipinski definition) is 5. The summed E-state index contributed by atoms with van der Waals surface area (Å²) in [5.74, 6) is 0.981. The normalized spacial score (nSPS) is 10.8. The number of thiazole rings is 1. The maximum absolute atomic E-state index is 12.7. The van der Waals surface area contributed by atoms with Gasteiger partial charge in [-0.3, -0.25) is 4.79 Å². The van der Waals surface area contributed by atoms with Crippen molar-refractivity contribution < 1.29 is 9.53 Å². The summed E-state index contributed by atoms with van der Waals surface area (Å²) in [4.78, 5) is 22.1. The highest BCUT2D eigenvalue weighted by molar-refractivity contribution is 7.13. The fourth-order valence-corrected chi connectivity index (χ4v) is 3.71. The number of amides is 1. The van der Waals surface area contributed by atoms with Gasteiger partial charge in [0, 0.05) is 10.4 Å². The zero-order valence-corrected chi connectivity index (χ0v) is 16.6. The van der Waals surface area contributed by atoms with Crippen molar-refractivity contribution in [3.05, 3.63) is 81.3 Å². The summed E-state index contributed by atoms with van der Waals surface area (Å²) in [6.07, 6.45) is 0. The average molecular weight is 410 g/mol. The number of aromatic nitrogens is 2. The summed E-state index contributed by atoms with van der Waals surface area (Å²) in [5.41, 5.74) is 1.50. The molecule has 0 aliphatic carbocycles. The van der Waals surface area contributed by atoms with Crippen LogP contribution in [0.3, 0.4) is 0 Å². The van der Waals surface area contributed by atoms with E-state index in [-0.39, 0.29) is 12.5 Å². The van der Waals surface area contributed by atoms with E-state index in [2.05, 4.69) is 15.3 Å². The minimum atomic E-state index is -0.226. The molecule has 0 aliphatic heterocycles. The van der Waals surface area contributed by atoms with E-state index in [0.29, 0.717) is 27.2 Å². The average Bonchev–Trinajstić information content (AvgIpc) is 3.08. The number of para-hydroxylation sites is 1. The monoisotopic (exact) mass is 409 g/mol. The van der Waals surface area contributed by atoms with E-state index in [1.54, 1.807) is 30.3 Å². The molecular formula is C21H16ClN3O2S. The van der Waals surface area contributed by atoms with Crippen LogP contribution in [-0.2, 0) is 6.61 Å². The molecule has 28 heavy (non-hydrogen) atoms. The molecule has 4 aromatic rings. The number of nitrogens with one attached hydrogen (secondary N) is 1. The number of pyridine rings is 1. The lowest BCUT2D eigenvalue weighted by Crippen LogP contribution is -2.12. The fraction of sp³-hybridized carbons (Fsp3) is 0.0952. The van der Waals surface area contributed by atoms with Crippen LogP contribution in [0.15, 0.2) is 60.7 Å². The summed E-state index contributed by atoms with van der Waals surface area (Å²) in [6, 6.07) is 18.6. The number of nitrogens with zero attached hydrogens (tertiary/aromatic N) is 2. The molecular weight excluding hydrogens is 394 g/mol. The standard InChI is InChI=1S/C21H16ClN3O2S/c1-13-20(28-19(23-13)12-27-16-9-7-15(22)8-10-16)21(26)25-18-11-6-14-4-2-3-5-17(14)24-18/h2-11H,12H2,1H3,(H,24,25,26). The number of halogens is 1. The van der Waals surface area contributed by atoms with Crippen molar-refractivity contribution in [1.29, 1.82) is 0 Å². The van der Waals surface area contributed by atoms with Gasteiger partial charge in [-0.05, 0) is 49.4 Å². The molecule has 7 heteroatoms. The van der Waals surface area contributed by atoms with Crippen LogP contribution in [0.5, 0.6) is 5.75 Å². The first kappa shape index (κ1) is 18.4. The second-order valence-corrected chi connectivity index (χ2v) is 7.63. The van der Waals surface area contributed by atoms with E-state index >= 15 is 0 Å². The number of carbonyl (C=O) groups is 1. The van der Waals surface area contributed by atoms with Crippen LogP contribution in [0.4, 0.5) is 5.82 Å². The number of rotatable bonds is 5. The molecule has 0 saturated heterocycles. The number of carbonyl (C=O) groups excluding carboxylic acids is 1. The van der Waals surface area contributed by atoms with Crippen molar-refractivity contribution in [3.63, 3.8) is 0 Å².